The molecule has 9 heteroatoms. The van der Waals surface area contributed by atoms with Gasteiger partial charge in [-0.25, -0.2) is 4.79 Å². The third-order valence-corrected chi connectivity index (χ3v) is 3.95. The number of para-hydroxylation sites is 1. The maximum Gasteiger partial charge on any atom is 0.369 e. The van der Waals surface area contributed by atoms with E-state index in [0.29, 0.717) is 22.3 Å². The van der Waals surface area contributed by atoms with Gasteiger partial charge in [0.2, 0.25) is 5.91 Å². The monoisotopic (exact) mass is 377 g/mol. The summed E-state index contributed by atoms with van der Waals surface area (Å²) in [5.41, 5.74) is 0.707. The summed E-state index contributed by atoms with van der Waals surface area (Å²) in [7, 11) is 0. The van der Waals surface area contributed by atoms with E-state index in [2.05, 4.69) is 15.7 Å². The second kappa shape index (κ2) is 7.50. The van der Waals surface area contributed by atoms with E-state index in [1.807, 2.05) is 6.07 Å². The lowest BCUT2D eigenvalue weighted by molar-refractivity contribution is -0.122. The third-order valence-electron chi connectivity index (χ3n) is 3.39. The van der Waals surface area contributed by atoms with Crippen LogP contribution in [0.2, 0.25) is 10.0 Å². The van der Waals surface area contributed by atoms with Crippen LogP contribution in [0, 0.1) is 0 Å². The summed E-state index contributed by atoms with van der Waals surface area (Å²) >= 11 is 11.9. The number of rotatable bonds is 5. The largest absolute Gasteiger partial charge is 0.369 e. The molecule has 3 rings (SSSR count). The lowest BCUT2D eigenvalue weighted by Crippen LogP contribution is -2.33. The second-order valence-corrected chi connectivity index (χ2v) is 6.03. The van der Waals surface area contributed by atoms with Crippen LogP contribution in [0.25, 0.3) is 5.69 Å². The summed E-state index contributed by atoms with van der Waals surface area (Å²) in [5, 5.41) is 11.1. The highest BCUT2D eigenvalue weighted by atomic mass is 35.5. The number of hydrogen-bond donors (Lipinski definition) is 1. The van der Waals surface area contributed by atoms with Crippen LogP contribution in [0.3, 0.4) is 0 Å². The van der Waals surface area contributed by atoms with Crippen LogP contribution in [0.4, 0.5) is 0 Å². The number of halogens is 2. The number of nitrogens with one attached hydrogen (secondary N) is 1. The zero-order valence-corrected chi connectivity index (χ0v) is 14.4. The Bertz CT molecular complexity index is 967. The minimum absolute atomic E-state index is 0.246. The van der Waals surface area contributed by atoms with E-state index in [1.165, 1.54) is 0 Å². The van der Waals surface area contributed by atoms with Crippen LogP contribution in [-0.2, 0) is 17.9 Å². The van der Waals surface area contributed by atoms with Gasteiger partial charge in [0.05, 0.1) is 10.7 Å². The SMILES string of the molecule is O=C(Cn1nnn(-c2ccccc2Cl)c1=O)NCc1cccc(Cl)c1. The molecule has 0 aliphatic rings. The van der Waals surface area contributed by atoms with Crippen LogP contribution < -0.4 is 11.0 Å². The maximum atomic E-state index is 12.3. The van der Waals surface area contributed by atoms with Crippen molar-refractivity contribution in [3.63, 3.8) is 0 Å². The Morgan fingerprint density at radius 3 is 2.64 bits per heavy atom. The quantitative estimate of drug-likeness (QED) is 0.737. The van der Waals surface area contributed by atoms with Gasteiger partial charge in [0.25, 0.3) is 0 Å². The van der Waals surface area contributed by atoms with Crippen LogP contribution >= 0.6 is 23.2 Å². The van der Waals surface area contributed by atoms with E-state index in [0.717, 1.165) is 14.9 Å². The number of amides is 1. The molecule has 0 unspecified atom stereocenters. The highest BCUT2D eigenvalue weighted by molar-refractivity contribution is 6.32. The molecule has 0 spiro atoms. The van der Waals surface area contributed by atoms with Gasteiger partial charge in [0.15, 0.2) is 0 Å². The summed E-state index contributed by atoms with van der Waals surface area (Å²) in [5.74, 6) is -0.367. The van der Waals surface area contributed by atoms with E-state index in [-0.39, 0.29) is 12.5 Å². The van der Waals surface area contributed by atoms with Gasteiger partial charge >= 0.3 is 5.69 Å². The Morgan fingerprint density at radius 2 is 1.88 bits per heavy atom. The first kappa shape index (κ1) is 17.2. The first-order chi connectivity index (χ1) is 12.0. The number of hydrogen-bond acceptors (Lipinski definition) is 4. The van der Waals surface area contributed by atoms with Crippen molar-refractivity contribution in [1.82, 2.24) is 25.1 Å². The molecule has 7 nitrogen and oxygen atoms in total. The minimum Gasteiger partial charge on any atom is -0.350 e. The molecule has 1 N–H and O–H groups in total. The summed E-state index contributed by atoms with van der Waals surface area (Å²) in [4.78, 5) is 24.3. The van der Waals surface area contributed by atoms with Crippen molar-refractivity contribution in [1.29, 1.82) is 0 Å². The lowest BCUT2D eigenvalue weighted by Gasteiger charge is -2.05. The van der Waals surface area contributed by atoms with Gasteiger partial charge in [-0.1, -0.05) is 47.5 Å². The van der Waals surface area contributed by atoms with Gasteiger partial charge in [-0.3, -0.25) is 4.79 Å². The average molecular weight is 378 g/mol. The van der Waals surface area contributed by atoms with E-state index >= 15 is 0 Å². The molecule has 0 saturated heterocycles. The summed E-state index contributed by atoms with van der Waals surface area (Å²) < 4.78 is 2.02. The van der Waals surface area contributed by atoms with Crippen LogP contribution in [0.5, 0.6) is 0 Å². The Kier molecular flexibility index (Phi) is 5.16. The molecule has 2 aromatic carbocycles. The molecule has 0 aliphatic carbocycles. The Labute approximate surface area is 152 Å². The lowest BCUT2D eigenvalue weighted by atomic mass is 10.2. The number of benzene rings is 2. The standard InChI is InChI=1S/C16H13Cl2N5O2/c17-12-5-3-4-11(8-12)9-19-15(24)10-22-16(25)23(21-20-22)14-7-2-1-6-13(14)18/h1-8H,9-10H2,(H,19,24). The molecule has 1 heterocycles. The smallest absolute Gasteiger partial charge is 0.350 e. The third kappa shape index (κ3) is 4.07. The Morgan fingerprint density at radius 1 is 1.08 bits per heavy atom. The Hall–Kier alpha value is -2.64. The summed E-state index contributed by atoms with van der Waals surface area (Å²) in [6.45, 7) is 0.0522. The maximum absolute atomic E-state index is 12.3. The van der Waals surface area contributed by atoms with Crippen molar-refractivity contribution in [2.24, 2.45) is 0 Å². The normalized spacial score (nSPS) is 10.6. The van der Waals surface area contributed by atoms with Gasteiger partial charge in [-0.15, -0.1) is 0 Å². The number of tetrazole rings is 1. The number of aromatic nitrogens is 4. The van der Waals surface area contributed by atoms with E-state index in [9.17, 15) is 9.59 Å². The molecule has 0 fully saturated rings. The predicted octanol–water partition coefficient (Wildman–Crippen LogP) is 2.05. The molecular formula is C16H13Cl2N5O2. The fourth-order valence-electron chi connectivity index (χ4n) is 2.19. The molecule has 128 valence electrons. The molecular weight excluding hydrogens is 365 g/mol. The van der Waals surface area contributed by atoms with Gasteiger partial charge < -0.3 is 5.32 Å². The van der Waals surface area contributed by atoms with Crippen molar-refractivity contribution < 1.29 is 4.79 Å². The molecule has 0 aliphatic heterocycles. The van der Waals surface area contributed by atoms with Crippen LogP contribution in [0.1, 0.15) is 5.56 Å². The fourth-order valence-corrected chi connectivity index (χ4v) is 2.62. The first-order valence-corrected chi connectivity index (χ1v) is 8.09. The van der Waals surface area contributed by atoms with E-state index in [4.69, 9.17) is 23.2 Å². The molecule has 3 aromatic rings. The second-order valence-electron chi connectivity index (χ2n) is 5.19. The number of carbonyl (C=O) groups is 1. The van der Waals surface area contributed by atoms with Gasteiger partial charge in [0.1, 0.15) is 6.54 Å². The minimum atomic E-state index is -0.550. The van der Waals surface area contributed by atoms with E-state index < -0.39 is 5.69 Å². The van der Waals surface area contributed by atoms with Crippen molar-refractivity contribution in [2.75, 3.05) is 0 Å². The van der Waals surface area contributed by atoms with Crippen molar-refractivity contribution in [3.05, 3.63) is 74.6 Å². The van der Waals surface area contributed by atoms with Crippen molar-refractivity contribution >= 4 is 29.1 Å². The van der Waals surface area contributed by atoms with Crippen LogP contribution in [0.15, 0.2) is 53.3 Å². The highest BCUT2D eigenvalue weighted by Gasteiger charge is 2.13. The fraction of sp³-hybridized carbons (Fsp3) is 0.125. The van der Waals surface area contributed by atoms with Crippen molar-refractivity contribution in [2.45, 2.75) is 13.1 Å². The summed E-state index contributed by atoms with van der Waals surface area (Å²) in [6, 6.07) is 13.9. The van der Waals surface area contributed by atoms with E-state index in [1.54, 1.807) is 42.5 Å². The van der Waals surface area contributed by atoms with Gasteiger partial charge in [0, 0.05) is 11.6 Å². The molecule has 0 atom stereocenters. The molecule has 1 amide bonds. The van der Waals surface area contributed by atoms with Crippen molar-refractivity contribution in [3.8, 4) is 5.69 Å². The summed E-state index contributed by atoms with van der Waals surface area (Å²) in [6.07, 6.45) is 0. The highest BCUT2D eigenvalue weighted by Crippen LogP contribution is 2.16. The van der Waals surface area contributed by atoms with Gasteiger partial charge in [-0.05, 0) is 40.3 Å². The predicted molar refractivity (Wildman–Crippen MR) is 93.9 cm³/mol. The van der Waals surface area contributed by atoms with Gasteiger partial charge in [-0.2, -0.15) is 9.36 Å². The van der Waals surface area contributed by atoms with Crippen LogP contribution in [-0.4, -0.2) is 25.7 Å². The number of nitrogens with zero attached hydrogens (tertiary/aromatic N) is 4. The topological polar surface area (TPSA) is 81.8 Å². The molecule has 0 radical (unpaired) electrons. The zero-order chi connectivity index (χ0) is 17.8. The molecule has 25 heavy (non-hydrogen) atoms. The molecule has 0 saturated carbocycles. The zero-order valence-electron chi connectivity index (χ0n) is 12.9. The molecule has 0 bridgehead atoms. The first-order valence-electron chi connectivity index (χ1n) is 7.33. The number of carbonyl (C=O) groups excluding carboxylic acids is 1. The molecule has 1 aromatic heterocycles. The average Bonchev–Trinajstić information content (AvgIpc) is 2.94. The Balaban J connectivity index is 1.68.